The number of benzene rings is 1. The van der Waals surface area contributed by atoms with E-state index in [2.05, 4.69) is 10.3 Å². The van der Waals surface area contributed by atoms with Crippen LogP contribution in [0.15, 0.2) is 24.3 Å². The quantitative estimate of drug-likeness (QED) is 0.848. The smallest absolute Gasteiger partial charge is 0.263 e. The molecule has 0 spiro atoms. The standard InChI is InChI=1S/C17H19ClN2O3S/c1-11-16(17(21)19-9-14-3-2-8-22-14)24-15(20-11)10-23-13-6-4-12(18)5-7-13/h4-7,14H,2-3,8-10H2,1H3,(H,19,21). The molecule has 1 amide bonds. The van der Waals surface area contributed by atoms with Crippen molar-refractivity contribution in [2.75, 3.05) is 13.2 Å². The van der Waals surface area contributed by atoms with Crippen LogP contribution in [-0.4, -0.2) is 30.1 Å². The normalized spacial score (nSPS) is 17.0. The lowest BCUT2D eigenvalue weighted by Gasteiger charge is -2.09. The van der Waals surface area contributed by atoms with Crippen LogP contribution in [0.3, 0.4) is 0 Å². The van der Waals surface area contributed by atoms with Crippen LogP contribution >= 0.6 is 22.9 Å². The molecule has 5 nitrogen and oxygen atoms in total. The molecule has 1 N–H and O–H groups in total. The number of rotatable bonds is 6. The molecule has 2 aromatic rings. The van der Waals surface area contributed by atoms with Crippen molar-refractivity contribution in [3.63, 3.8) is 0 Å². The Hall–Kier alpha value is -1.63. The summed E-state index contributed by atoms with van der Waals surface area (Å²) < 4.78 is 11.2. The summed E-state index contributed by atoms with van der Waals surface area (Å²) in [5, 5.41) is 4.36. The van der Waals surface area contributed by atoms with Crippen LogP contribution in [0.1, 0.15) is 33.2 Å². The number of aromatic nitrogens is 1. The number of ether oxygens (including phenoxy) is 2. The maximum atomic E-state index is 12.3. The zero-order chi connectivity index (χ0) is 16.9. The first kappa shape index (κ1) is 17.2. The molecule has 1 unspecified atom stereocenters. The van der Waals surface area contributed by atoms with Gasteiger partial charge in [-0.25, -0.2) is 4.98 Å². The van der Waals surface area contributed by atoms with Crippen molar-refractivity contribution in [3.05, 3.63) is 44.9 Å². The molecular weight excluding hydrogens is 348 g/mol. The van der Waals surface area contributed by atoms with Gasteiger partial charge in [0.05, 0.1) is 11.8 Å². The van der Waals surface area contributed by atoms with Crippen LogP contribution in [0.2, 0.25) is 5.02 Å². The van der Waals surface area contributed by atoms with Gasteiger partial charge in [0.2, 0.25) is 0 Å². The number of thiazole rings is 1. The van der Waals surface area contributed by atoms with E-state index >= 15 is 0 Å². The highest BCUT2D eigenvalue weighted by Crippen LogP contribution is 2.21. The Morgan fingerprint density at radius 2 is 2.25 bits per heavy atom. The molecule has 0 aliphatic carbocycles. The van der Waals surface area contributed by atoms with Gasteiger partial charge in [-0.15, -0.1) is 11.3 Å². The molecule has 0 bridgehead atoms. The predicted octanol–water partition coefficient (Wildman–Crippen LogP) is 3.59. The molecule has 7 heteroatoms. The lowest BCUT2D eigenvalue weighted by atomic mass is 10.2. The van der Waals surface area contributed by atoms with E-state index in [4.69, 9.17) is 21.1 Å². The van der Waals surface area contributed by atoms with Gasteiger partial charge in [-0.2, -0.15) is 0 Å². The Labute approximate surface area is 150 Å². The Morgan fingerprint density at radius 1 is 1.46 bits per heavy atom. The predicted molar refractivity (Wildman–Crippen MR) is 93.9 cm³/mol. The first-order chi connectivity index (χ1) is 11.6. The molecule has 1 aromatic heterocycles. The molecule has 0 saturated carbocycles. The van der Waals surface area contributed by atoms with E-state index in [1.165, 1.54) is 11.3 Å². The van der Waals surface area contributed by atoms with Gasteiger partial charge in [-0.3, -0.25) is 4.79 Å². The molecular formula is C17H19ClN2O3S. The minimum absolute atomic E-state index is 0.0988. The highest BCUT2D eigenvalue weighted by atomic mass is 35.5. The Morgan fingerprint density at radius 3 is 2.96 bits per heavy atom. The molecule has 1 saturated heterocycles. The number of nitrogens with one attached hydrogen (secondary N) is 1. The Balaban J connectivity index is 1.55. The van der Waals surface area contributed by atoms with E-state index in [9.17, 15) is 4.79 Å². The minimum atomic E-state index is -0.0988. The van der Waals surface area contributed by atoms with Crippen LogP contribution in [0.4, 0.5) is 0 Å². The zero-order valence-electron chi connectivity index (χ0n) is 13.4. The number of carbonyl (C=O) groups excluding carboxylic acids is 1. The molecule has 2 heterocycles. The summed E-state index contributed by atoms with van der Waals surface area (Å²) in [7, 11) is 0. The molecule has 0 radical (unpaired) electrons. The molecule has 1 aliphatic heterocycles. The summed E-state index contributed by atoms with van der Waals surface area (Å²) in [4.78, 5) is 17.3. The van der Waals surface area contributed by atoms with Gasteiger partial charge >= 0.3 is 0 Å². The van der Waals surface area contributed by atoms with Crippen molar-refractivity contribution < 1.29 is 14.3 Å². The highest BCUT2D eigenvalue weighted by molar-refractivity contribution is 7.13. The lowest BCUT2D eigenvalue weighted by molar-refractivity contribution is 0.0860. The van der Waals surface area contributed by atoms with E-state index in [-0.39, 0.29) is 12.0 Å². The van der Waals surface area contributed by atoms with Gasteiger partial charge in [0.15, 0.2) is 0 Å². The summed E-state index contributed by atoms with van der Waals surface area (Å²) in [6.07, 6.45) is 2.20. The molecule has 1 aromatic carbocycles. The molecule has 24 heavy (non-hydrogen) atoms. The largest absolute Gasteiger partial charge is 0.486 e. The second kappa shape index (κ2) is 7.96. The van der Waals surface area contributed by atoms with Gasteiger partial charge in [-0.05, 0) is 44.0 Å². The number of hydrogen-bond donors (Lipinski definition) is 1. The zero-order valence-corrected chi connectivity index (χ0v) is 15.0. The first-order valence-corrected chi connectivity index (χ1v) is 9.06. The van der Waals surface area contributed by atoms with Gasteiger partial charge in [0, 0.05) is 18.2 Å². The molecule has 3 rings (SSSR count). The van der Waals surface area contributed by atoms with Gasteiger partial charge < -0.3 is 14.8 Å². The average Bonchev–Trinajstić information content (AvgIpc) is 3.22. The minimum Gasteiger partial charge on any atom is -0.486 e. The van der Waals surface area contributed by atoms with Gasteiger partial charge in [0.25, 0.3) is 5.91 Å². The summed E-state index contributed by atoms with van der Waals surface area (Å²) in [5.41, 5.74) is 0.722. The topological polar surface area (TPSA) is 60.5 Å². The number of hydrogen-bond acceptors (Lipinski definition) is 5. The fourth-order valence-corrected chi connectivity index (χ4v) is 3.51. The summed E-state index contributed by atoms with van der Waals surface area (Å²) in [5.74, 6) is 0.620. The average molecular weight is 367 g/mol. The number of amides is 1. The lowest BCUT2D eigenvalue weighted by Crippen LogP contribution is -2.31. The monoisotopic (exact) mass is 366 g/mol. The summed E-state index contributed by atoms with van der Waals surface area (Å²) in [6.45, 7) is 3.49. The van der Waals surface area contributed by atoms with E-state index in [1.54, 1.807) is 24.3 Å². The second-order valence-corrected chi connectivity index (χ2v) is 7.13. The van der Waals surface area contributed by atoms with Gasteiger partial charge in [-0.1, -0.05) is 11.6 Å². The maximum absolute atomic E-state index is 12.3. The fourth-order valence-electron chi connectivity index (χ4n) is 2.49. The van der Waals surface area contributed by atoms with E-state index in [1.807, 2.05) is 6.92 Å². The van der Waals surface area contributed by atoms with Crippen LogP contribution in [0, 0.1) is 6.92 Å². The van der Waals surface area contributed by atoms with Crippen molar-refractivity contribution in [2.45, 2.75) is 32.5 Å². The van der Waals surface area contributed by atoms with Crippen molar-refractivity contribution in [2.24, 2.45) is 0 Å². The summed E-state index contributed by atoms with van der Waals surface area (Å²) in [6, 6.07) is 7.15. The molecule has 1 aliphatic rings. The summed E-state index contributed by atoms with van der Waals surface area (Å²) >= 11 is 7.20. The van der Waals surface area contributed by atoms with Crippen molar-refractivity contribution in [3.8, 4) is 5.75 Å². The molecule has 1 fully saturated rings. The third-order valence-corrected chi connectivity index (χ3v) is 5.12. The molecule has 128 valence electrons. The Kier molecular flexibility index (Phi) is 5.71. The maximum Gasteiger partial charge on any atom is 0.263 e. The molecule has 1 atom stereocenters. The Bertz CT molecular complexity index is 696. The number of aryl methyl sites for hydroxylation is 1. The van der Waals surface area contributed by atoms with Gasteiger partial charge in [0.1, 0.15) is 22.2 Å². The third kappa shape index (κ3) is 4.47. The van der Waals surface area contributed by atoms with Crippen molar-refractivity contribution in [1.29, 1.82) is 0 Å². The number of nitrogens with zero attached hydrogens (tertiary/aromatic N) is 1. The van der Waals surface area contributed by atoms with Crippen molar-refractivity contribution >= 4 is 28.8 Å². The van der Waals surface area contributed by atoms with Crippen LogP contribution in [0.25, 0.3) is 0 Å². The first-order valence-electron chi connectivity index (χ1n) is 7.86. The second-order valence-electron chi connectivity index (χ2n) is 5.61. The van der Waals surface area contributed by atoms with Crippen LogP contribution in [-0.2, 0) is 11.3 Å². The number of carbonyl (C=O) groups is 1. The third-order valence-electron chi connectivity index (χ3n) is 3.74. The SMILES string of the molecule is Cc1nc(COc2ccc(Cl)cc2)sc1C(=O)NCC1CCCO1. The van der Waals surface area contributed by atoms with Crippen molar-refractivity contribution in [1.82, 2.24) is 10.3 Å². The highest BCUT2D eigenvalue weighted by Gasteiger charge is 2.19. The van der Waals surface area contributed by atoms with Crippen LogP contribution < -0.4 is 10.1 Å². The van der Waals surface area contributed by atoms with E-state index in [0.717, 1.165) is 35.9 Å². The fraction of sp³-hybridized carbons (Fsp3) is 0.412. The number of halogens is 1. The van der Waals surface area contributed by atoms with E-state index in [0.29, 0.717) is 23.1 Å². The van der Waals surface area contributed by atoms with Crippen LogP contribution in [0.5, 0.6) is 5.75 Å². The van der Waals surface area contributed by atoms with E-state index < -0.39 is 0 Å².